The maximum atomic E-state index is 10.9. The number of hydrogen-bond acceptors (Lipinski definition) is 4. The number of nitrogens with two attached hydrogens (primary N) is 1. The van der Waals surface area contributed by atoms with E-state index in [4.69, 9.17) is 10.8 Å². The summed E-state index contributed by atoms with van der Waals surface area (Å²) in [6.07, 6.45) is 1.89. The average molecular weight is 215 g/mol. The quantitative estimate of drug-likeness (QED) is 0.561. The van der Waals surface area contributed by atoms with Crippen LogP contribution in [0.15, 0.2) is 0 Å². The van der Waals surface area contributed by atoms with Crippen molar-refractivity contribution in [1.29, 1.82) is 0 Å². The summed E-state index contributed by atoms with van der Waals surface area (Å²) in [5, 5.41) is 10.9. The number of carbonyl (C=O) groups is 1. The van der Waals surface area contributed by atoms with Crippen molar-refractivity contribution in [2.24, 2.45) is 5.73 Å². The first-order valence-corrected chi connectivity index (χ1v) is 4.74. The maximum absolute atomic E-state index is 10.9. The van der Waals surface area contributed by atoms with Crippen LogP contribution in [0.1, 0.15) is 0 Å². The van der Waals surface area contributed by atoms with E-state index < -0.39 is 6.04 Å². The standard InChI is InChI=1S/C6H14N2O2S.ClH/c1-11-4-5(7)6(10)8-2-3-9;/h5,9H,2-4,7H2,1H3,(H,8,10);1H. The maximum Gasteiger partial charge on any atom is 0.237 e. The molecule has 4 N–H and O–H groups in total. The van der Waals surface area contributed by atoms with Gasteiger partial charge in [-0.3, -0.25) is 4.79 Å². The molecular formula is C6H15ClN2O2S. The van der Waals surface area contributed by atoms with E-state index in [1.54, 1.807) is 0 Å². The summed E-state index contributed by atoms with van der Waals surface area (Å²) in [4.78, 5) is 10.9. The van der Waals surface area contributed by atoms with Crippen molar-refractivity contribution in [3.8, 4) is 0 Å². The molecule has 0 aromatic heterocycles. The number of halogens is 1. The van der Waals surface area contributed by atoms with Crippen LogP contribution in [0.3, 0.4) is 0 Å². The molecule has 0 aromatic carbocycles. The summed E-state index contributed by atoms with van der Waals surface area (Å²) in [6.45, 7) is 0.235. The van der Waals surface area contributed by atoms with E-state index in [9.17, 15) is 4.79 Å². The molecule has 0 saturated carbocycles. The number of carbonyl (C=O) groups excluding carboxylic acids is 1. The Morgan fingerprint density at radius 2 is 2.33 bits per heavy atom. The fourth-order valence-electron chi connectivity index (χ4n) is 0.565. The molecular weight excluding hydrogens is 200 g/mol. The van der Waals surface area contributed by atoms with Crippen molar-refractivity contribution < 1.29 is 9.90 Å². The van der Waals surface area contributed by atoms with Crippen LogP contribution in [0.4, 0.5) is 0 Å². The van der Waals surface area contributed by atoms with Crippen LogP contribution in [-0.2, 0) is 4.79 Å². The summed E-state index contributed by atoms with van der Waals surface area (Å²) >= 11 is 1.52. The molecule has 0 radical (unpaired) electrons. The largest absolute Gasteiger partial charge is 0.395 e. The fourth-order valence-corrected chi connectivity index (χ4v) is 1.08. The Bertz CT molecular complexity index is 126. The van der Waals surface area contributed by atoms with Crippen molar-refractivity contribution >= 4 is 30.1 Å². The molecule has 12 heavy (non-hydrogen) atoms. The van der Waals surface area contributed by atoms with Gasteiger partial charge in [-0.2, -0.15) is 11.8 Å². The van der Waals surface area contributed by atoms with Gasteiger partial charge in [-0.05, 0) is 6.26 Å². The van der Waals surface area contributed by atoms with Crippen molar-refractivity contribution in [2.75, 3.05) is 25.2 Å². The highest BCUT2D eigenvalue weighted by Crippen LogP contribution is 1.93. The number of nitrogens with one attached hydrogen (secondary N) is 1. The number of rotatable bonds is 5. The predicted octanol–water partition coefficient (Wildman–Crippen LogP) is -0.793. The molecule has 0 spiro atoms. The molecule has 0 rings (SSSR count). The number of hydrogen-bond donors (Lipinski definition) is 3. The Morgan fingerprint density at radius 1 is 1.75 bits per heavy atom. The third-order valence-corrected chi connectivity index (χ3v) is 1.79. The summed E-state index contributed by atoms with van der Waals surface area (Å²) in [5.74, 6) is 0.408. The van der Waals surface area contributed by atoms with Crippen molar-refractivity contribution in [3.63, 3.8) is 0 Å². The molecule has 1 unspecified atom stereocenters. The van der Waals surface area contributed by atoms with Crippen LogP contribution >= 0.6 is 24.2 Å². The molecule has 4 nitrogen and oxygen atoms in total. The lowest BCUT2D eigenvalue weighted by Crippen LogP contribution is -2.43. The average Bonchev–Trinajstić information content (AvgIpc) is 2.00. The van der Waals surface area contributed by atoms with Crippen molar-refractivity contribution in [3.05, 3.63) is 0 Å². The van der Waals surface area contributed by atoms with Gasteiger partial charge in [-0.1, -0.05) is 0 Å². The fraction of sp³-hybridized carbons (Fsp3) is 0.833. The van der Waals surface area contributed by atoms with Crippen molar-refractivity contribution in [2.45, 2.75) is 6.04 Å². The van der Waals surface area contributed by atoms with Gasteiger partial charge >= 0.3 is 0 Å². The minimum atomic E-state index is -0.462. The highest BCUT2D eigenvalue weighted by atomic mass is 35.5. The zero-order chi connectivity index (χ0) is 8.69. The number of amides is 1. The van der Waals surface area contributed by atoms with Gasteiger partial charge in [0, 0.05) is 12.3 Å². The molecule has 1 amide bonds. The third kappa shape index (κ3) is 6.72. The van der Waals surface area contributed by atoms with Gasteiger partial charge in [0.25, 0.3) is 0 Å². The monoisotopic (exact) mass is 214 g/mol. The highest BCUT2D eigenvalue weighted by molar-refractivity contribution is 7.98. The summed E-state index contributed by atoms with van der Waals surface area (Å²) in [5.41, 5.74) is 5.45. The second-order valence-corrected chi connectivity index (χ2v) is 2.99. The Morgan fingerprint density at radius 3 is 2.75 bits per heavy atom. The summed E-state index contributed by atoms with van der Waals surface area (Å²) < 4.78 is 0. The van der Waals surface area contributed by atoms with E-state index >= 15 is 0 Å². The molecule has 0 heterocycles. The zero-order valence-electron chi connectivity index (χ0n) is 6.95. The number of thioether (sulfide) groups is 1. The van der Waals surface area contributed by atoms with Crippen LogP contribution in [0.25, 0.3) is 0 Å². The molecule has 0 aliphatic heterocycles. The van der Waals surface area contributed by atoms with Crippen LogP contribution in [0.2, 0.25) is 0 Å². The Balaban J connectivity index is 0. The van der Waals surface area contributed by atoms with Gasteiger partial charge in [0.05, 0.1) is 12.6 Å². The first kappa shape index (κ1) is 14.5. The number of aliphatic hydroxyl groups is 1. The second-order valence-electron chi connectivity index (χ2n) is 2.08. The molecule has 0 aromatic rings. The van der Waals surface area contributed by atoms with Crippen LogP contribution < -0.4 is 11.1 Å². The van der Waals surface area contributed by atoms with Crippen molar-refractivity contribution in [1.82, 2.24) is 5.32 Å². The molecule has 0 fully saturated rings. The summed E-state index contributed by atoms with van der Waals surface area (Å²) in [7, 11) is 0. The van der Waals surface area contributed by atoms with E-state index in [-0.39, 0.29) is 31.5 Å². The lowest BCUT2D eigenvalue weighted by Gasteiger charge is -2.09. The van der Waals surface area contributed by atoms with E-state index in [0.29, 0.717) is 5.75 Å². The minimum Gasteiger partial charge on any atom is -0.395 e. The predicted molar refractivity (Wildman–Crippen MR) is 53.7 cm³/mol. The molecule has 1 atom stereocenters. The normalized spacial score (nSPS) is 11.6. The zero-order valence-corrected chi connectivity index (χ0v) is 8.58. The topological polar surface area (TPSA) is 75.4 Å². The lowest BCUT2D eigenvalue weighted by atomic mass is 10.3. The van der Waals surface area contributed by atoms with E-state index in [1.165, 1.54) is 11.8 Å². The number of aliphatic hydroxyl groups excluding tert-OH is 1. The highest BCUT2D eigenvalue weighted by Gasteiger charge is 2.10. The van der Waals surface area contributed by atoms with E-state index in [1.807, 2.05) is 6.26 Å². The Kier molecular flexibility index (Phi) is 11.1. The second kappa shape index (κ2) is 9.12. The van der Waals surface area contributed by atoms with Crippen LogP contribution in [-0.4, -0.2) is 42.2 Å². The Hall–Kier alpha value is 0.0300. The van der Waals surface area contributed by atoms with Gasteiger partial charge < -0.3 is 16.2 Å². The first-order valence-electron chi connectivity index (χ1n) is 3.35. The van der Waals surface area contributed by atoms with E-state index in [2.05, 4.69) is 5.32 Å². The molecule has 0 aliphatic rings. The molecule has 0 saturated heterocycles. The van der Waals surface area contributed by atoms with Gasteiger partial charge in [0.2, 0.25) is 5.91 Å². The molecule has 0 aliphatic carbocycles. The molecule has 74 valence electrons. The first-order chi connectivity index (χ1) is 5.22. The van der Waals surface area contributed by atoms with Gasteiger partial charge in [0.15, 0.2) is 0 Å². The van der Waals surface area contributed by atoms with Gasteiger partial charge in [0.1, 0.15) is 0 Å². The van der Waals surface area contributed by atoms with E-state index in [0.717, 1.165) is 0 Å². The smallest absolute Gasteiger partial charge is 0.237 e. The molecule has 0 bridgehead atoms. The van der Waals surface area contributed by atoms with Gasteiger partial charge in [-0.15, -0.1) is 12.4 Å². The van der Waals surface area contributed by atoms with Gasteiger partial charge in [-0.25, -0.2) is 0 Å². The lowest BCUT2D eigenvalue weighted by molar-refractivity contribution is -0.122. The minimum absolute atomic E-state index is 0. The SMILES string of the molecule is CSCC(N)C(=O)NCCO.Cl. The summed E-state index contributed by atoms with van der Waals surface area (Å²) in [6, 6.07) is -0.462. The molecule has 6 heteroatoms. The Labute approximate surface area is 82.7 Å². The van der Waals surface area contributed by atoms with Crippen LogP contribution in [0.5, 0.6) is 0 Å². The van der Waals surface area contributed by atoms with Crippen LogP contribution in [0, 0.1) is 0 Å². The third-order valence-electron chi connectivity index (χ3n) is 1.09.